The van der Waals surface area contributed by atoms with E-state index in [4.69, 9.17) is 9.84 Å². The molecule has 16 heavy (non-hydrogen) atoms. The summed E-state index contributed by atoms with van der Waals surface area (Å²) in [5, 5.41) is 18.4. The van der Waals surface area contributed by atoms with E-state index in [0.717, 1.165) is 0 Å². The number of alkyl halides is 1. The van der Waals surface area contributed by atoms with E-state index in [-0.39, 0.29) is 6.61 Å². The first kappa shape index (κ1) is 13.3. The molecule has 2 unspecified atom stereocenters. The summed E-state index contributed by atoms with van der Waals surface area (Å²) in [6.07, 6.45) is -3.01. The Bertz CT molecular complexity index is 240. The third kappa shape index (κ3) is 2.69. The van der Waals surface area contributed by atoms with Gasteiger partial charge in [-0.15, -0.1) is 0 Å². The van der Waals surface area contributed by atoms with Gasteiger partial charge in [0.25, 0.3) is 0 Å². The number of rotatable bonds is 5. The van der Waals surface area contributed by atoms with E-state index in [1.54, 1.807) is 4.90 Å². The van der Waals surface area contributed by atoms with Gasteiger partial charge in [-0.25, -0.2) is 4.39 Å². The molecule has 0 aliphatic carbocycles. The van der Waals surface area contributed by atoms with E-state index in [9.17, 15) is 9.50 Å². The number of nitrogens with zero attached hydrogens (tertiary/aromatic N) is 2. The van der Waals surface area contributed by atoms with Gasteiger partial charge < -0.3 is 19.8 Å². The molecule has 94 valence electrons. The lowest BCUT2D eigenvalue weighted by atomic mass is 10.1. The van der Waals surface area contributed by atoms with Crippen LogP contribution in [0.3, 0.4) is 0 Å². The van der Waals surface area contributed by atoms with Gasteiger partial charge in [0.15, 0.2) is 12.4 Å². The molecule has 0 spiro atoms. The predicted molar refractivity (Wildman–Crippen MR) is 58.1 cm³/mol. The quantitative estimate of drug-likeness (QED) is 0.509. The minimum absolute atomic E-state index is 0.388. The highest BCUT2D eigenvalue weighted by molar-refractivity contribution is 5.55. The molecule has 5 nitrogen and oxygen atoms in total. The second kappa shape index (κ2) is 6.12. The minimum atomic E-state index is -1.53. The Morgan fingerprint density at radius 1 is 1.50 bits per heavy atom. The molecule has 6 heteroatoms. The Morgan fingerprint density at radius 3 is 2.62 bits per heavy atom. The molecule has 0 radical (unpaired) electrons. The van der Waals surface area contributed by atoms with Gasteiger partial charge in [0.05, 0.1) is 12.9 Å². The van der Waals surface area contributed by atoms with Crippen LogP contribution >= 0.6 is 0 Å². The molecule has 1 saturated heterocycles. The fourth-order valence-corrected chi connectivity index (χ4v) is 1.63. The van der Waals surface area contributed by atoms with Crippen molar-refractivity contribution in [3.63, 3.8) is 0 Å². The first-order valence-electron chi connectivity index (χ1n) is 5.49. The van der Waals surface area contributed by atoms with Crippen LogP contribution < -0.4 is 0 Å². The molecule has 0 saturated carbocycles. The summed E-state index contributed by atoms with van der Waals surface area (Å²) in [6, 6.07) is 0. The Kier molecular flexibility index (Phi) is 5.11. The van der Waals surface area contributed by atoms with Gasteiger partial charge in [-0.05, 0) is 13.8 Å². The molecule has 0 aromatic rings. The van der Waals surface area contributed by atoms with Crippen LogP contribution in [0.2, 0.25) is 0 Å². The van der Waals surface area contributed by atoms with Crippen LogP contribution in [0.15, 0.2) is 4.99 Å². The van der Waals surface area contributed by atoms with Crippen LogP contribution in [0.4, 0.5) is 4.39 Å². The predicted octanol–water partition coefficient (Wildman–Crippen LogP) is -0.227. The lowest BCUT2D eigenvalue weighted by Gasteiger charge is -2.26. The first-order chi connectivity index (χ1) is 7.65. The summed E-state index contributed by atoms with van der Waals surface area (Å²) < 4.78 is 18.9. The molecule has 1 rings (SSSR count). The molecule has 1 aliphatic rings. The summed E-state index contributed by atoms with van der Waals surface area (Å²) in [5.41, 5.74) is 0. The van der Waals surface area contributed by atoms with E-state index in [0.29, 0.717) is 13.1 Å². The number of hydrogen-bond donors (Lipinski definition) is 2. The molecular weight excluding hydrogens is 215 g/mol. The second-order valence-corrected chi connectivity index (χ2v) is 3.63. The highest BCUT2D eigenvalue weighted by Gasteiger charge is 2.45. The van der Waals surface area contributed by atoms with Crippen molar-refractivity contribution < 1.29 is 19.3 Å². The Labute approximate surface area is 94.5 Å². The van der Waals surface area contributed by atoms with Gasteiger partial charge in [0.2, 0.25) is 0 Å². The zero-order chi connectivity index (χ0) is 12.1. The molecular formula is C10H19FN2O3. The summed E-state index contributed by atoms with van der Waals surface area (Å²) in [4.78, 5) is 5.58. The van der Waals surface area contributed by atoms with Crippen LogP contribution in [-0.4, -0.2) is 65.8 Å². The summed E-state index contributed by atoms with van der Waals surface area (Å²) >= 11 is 0. The van der Waals surface area contributed by atoms with E-state index in [2.05, 4.69) is 4.99 Å². The molecule has 1 fully saturated rings. The lowest BCUT2D eigenvalue weighted by molar-refractivity contribution is -0.0608. The average molecular weight is 234 g/mol. The number of hydrogen-bond acceptors (Lipinski definition) is 4. The zero-order valence-electron chi connectivity index (χ0n) is 9.58. The van der Waals surface area contributed by atoms with E-state index >= 15 is 0 Å². The fourth-order valence-electron chi connectivity index (χ4n) is 1.63. The summed E-state index contributed by atoms with van der Waals surface area (Å²) in [6.45, 7) is 4.46. The van der Waals surface area contributed by atoms with Crippen LogP contribution in [0.1, 0.15) is 13.8 Å². The van der Waals surface area contributed by atoms with Gasteiger partial charge in [-0.3, -0.25) is 4.99 Å². The van der Waals surface area contributed by atoms with Crippen molar-refractivity contribution in [3.8, 4) is 0 Å². The molecule has 1 aliphatic heterocycles. The lowest BCUT2D eigenvalue weighted by Crippen LogP contribution is -2.41. The largest absolute Gasteiger partial charge is 0.394 e. The monoisotopic (exact) mass is 234 g/mol. The molecule has 0 aromatic heterocycles. The molecule has 4 atom stereocenters. The highest BCUT2D eigenvalue weighted by atomic mass is 19.1. The Balaban J connectivity index is 2.68. The molecule has 0 amide bonds. The summed E-state index contributed by atoms with van der Waals surface area (Å²) in [5.74, 6) is 0. The second-order valence-electron chi connectivity index (χ2n) is 3.63. The number of halogens is 1. The van der Waals surface area contributed by atoms with Crippen molar-refractivity contribution in [3.05, 3.63) is 0 Å². The zero-order valence-corrected chi connectivity index (χ0v) is 9.58. The van der Waals surface area contributed by atoms with Gasteiger partial charge >= 0.3 is 0 Å². The first-order valence-corrected chi connectivity index (χ1v) is 5.49. The maximum atomic E-state index is 13.7. The van der Waals surface area contributed by atoms with Crippen molar-refractivity contribution in [2.45, 2.75) is 38.5 Å². The number of ether oxygens (including phenoxy) is 1. The standard InChI is InChI=1S/C10H19FN2O3/c1-3-12-6-13(4-2)10-8(11)9(15)7(5-14)16-10/h6-10,14-15H,3-5H2,1-2H3/b12-6-/t7?,8-,9-,10?/m1/s1. The summed E-state index contributed by atoms with van der Waals surface area (Å²) in [7, 11) is 0. The van der Waals surface area contributed by atoms with Crippen LogP contribution in [-0.2, 0) is 4.74 Å². The van der Waals surface area contributed by atoms with Crippen LogP contribution in [0, 0.1) is 0 Å². The van der Waals surface area contributed by atoms with E-state index in [1.807, 2.05) is 13.8 Å². The van der Waals surface area contributed by atoms with Crippen molar-refractivity contribution in [2.75, 3.05) is 19.7 Å². The third-order valence-corrected chi connectivity index (χ3v) is 2.58. The smallest absolute Gasteiger partial charge is 0.173 e. The van der Waals surface area contributed by atoms with Gasteiger partial charge in [-0.1, -0.05) is 0 Å². The normalized spacial score (nSPS) is 34.8. The molecule has 0 aromatic carbocycles. The van der Waals surface area contributed by atoms with Crippen molar-refractivity contribution in [1.29, 1.82) is 0 Å². The van der Waals surface area contributed by atoms with Crippen LogP contribution in [0.25, 0.3) is 0 Å². The molecule has 2 N–H and O–H groups in total. The maximum Gasteiger partial charge on any atom is 0.173 e. The third-order valence-electron chi connectivity index (χ3n) is 2.58. The minimum Gasteiger partial charge on any atom is -0.394 e. The maximum absolute atomic E-state index is 13.7. The number of aliphatic hydroxyl groups excluding tert-OH is 2. The molecule has 1 heterocycles. The van der Waals surface area contributed by atoms with Gasteiger partial charge in [0, 0.05) is 13.1 Å². The van der Waals surface area contributed by atoms with Crippen molar-refractivity contribution in [2.24, 2.45) is 4.99 Å². The van der Waals surface area contributed by atoms with Gasteiger partial charge in [0.1, 0.15) is 12.2 Å². The highest BCUT2D eigenvalue weighted by Crippen LogP contribution is 2.25. The topological polar surface area (TPSA) is 65.3 Å². The number of aliphatic imine (C=N–C) groups is 1. The van der Waals surface area contributed by atoms with Crippen molar-refractivity contribution in [1.82, 2.24) is 4.90 Å². The van der Waals surface area contributed by atoms with Gasteiger partial charge in [-0.2, -0.15) is 0 Å². The Hall–Kier alpha value is -0.720. The van der Waals surface area contributed by atoms with Crippen molar-refractivity contribution >= 4 is 6.34 Å². The van der Waals surface area contributed by atoms with Crippen LogP contribution in [0.5, 0.6) is 0 Å². The number of aliphatic hydroxyl groups is 2. The fraction of sp³-hybridized carbons (Fsp3) is 0.900. The Morgan fingerprint density at radius 2 is 2.19 bits per heavy atom. The molecule has 0 bridgehead atoms. The SMILES string of the molecule is CC/N=C\N(CC)C1OC(CO)[C@@H](O)[C@H]1F. The van der Waals surface area contributed by atoms with E-state index in [1.165, 1.54) is 6.34 Å². The van der Waals surface area contributed by atoms with E-state index < -0.39 is 24.6 Å². The average Bonchev–Trinajstić information content (AvgIpc) is 2.58.